The molecule has 19 heavy (non-hydrogen) atoms. The summed E-state index contributed by atoms with van der Waals surface area (Å²) in [5.41, 5.74) is 3.11. The zero-order chi connectivity index (χ0) is 13.0. The fourth-order valence-electron chi connectivity index (χ4n) is 3.78. The van der Waals surface area contributed by atoms with E-state index in [1.165, 1.54) is 24.3 Å². The average molecular weight is 259 g/mol. The lowest BCUT2D eigenvalue weighted by molar-refractivity contribution is -0.00328. The zero-order valence-electron chi connectivity index (χ0n) is 11.8. The molecule has 5 nitrogen and oxygen atoms in total. The van der Waals surface area contributed by atoms with E-state index in [4.69, 9.17) is 4.98 Å². The topological polar surface area (TPSA) is 35.5 Å². The highest BCUT2D eigenvalue weighted by Crippen LogP contribution is 2.40. The molecule has 2 saturated heterocycles. The Balaban J connectivity index is 1.50. The van der Waals surface area contributed by atoms with Crippen LogP contribution in [0.4, 0.5) is 5.95 Å². The molecule has 0 amide bonds. The maximum Gasteiger partial charge on any atom is 0.225 e. The summed E-state index contributed by atoms with van der Waals surface area (Å²) in [5.74, 6) is 0.939. The molecular weight excluding hydrogens is 238 g/mol. The van der Waals surface area contributed by atoms with Crippen LogP contribution < -0.4 is 4.90 Å². The number of likely N-dealkylation sites (N-methyl/N-ethyl adjacent to an activating group) is 1. The van der Waals surface area contributed by atoms with E-state index in [1.807, 2.05) is 6.20 Å². The third kappa shape index (κ3) is 1.83. The van der Waals surface area contributed by atoms with Gasteiger partial charge in [-0.15, -0.1) is 0 Å². The van der Waals surface area contributed by atoms with Crippen molar-refractivity contribution in [2.45, 2.75) is 13.0 Å². The second-order valence-corrected chi connectivity index (χ2v) is 6.66. The summed E-state index contributed by atoms with van der Waals surface area (Å²) in [6.07, 6.45) is 3.13. The minimum atomic E-state index is 0.546. The van der Waals surface area contributed by atoms with E-state index in [1.54, 1.807) is 0 Å². The largest absolute Gasteiger partial charge is 0.339 e. The van der Waals surface area contributed by atoms with Crippen molar-refractivity contribution >= 4 is 5.95 Å². The molecule has 1 spiro atoms. The molecule has 3 aliphatic rings. The highest BCUT2D eigenvalue weighted by atomic mass is 15.4. The second-order valence-electron chi connectivity index (χ2n) is 6.66. The molecule has 0 atom stereocenters. The number of fused-ring (bicyclic) bond motifs is 1. The number of aromatic nitrogens is 2. The van der Waals surface area contributed by atoms with Crippen molar-refractivity contribution < 1.29 is 0 Å². The van der Waals surface area contributed by atoms with Gasteiger partial charge in [-0.25, -0.2) is 9.97 Å². The first-order chi connectivity index (χ1) is 9.13. The lowest BCUT2D eigenvalue weighted by Crippen LogP contribution is -2.71. The number of nitrogens with zero attached hydrogens (tertiary/aromatic N) is 5. The van der Waals surface area contributed by atoms with Gasteiger partial charge in [0.15, 0.2) is 0 Å². The van der Waals surface area contributed by atoms with Crippen LogP contribution in [0.5, 0.6) is 0 Å². The van der Waals surface area contributed by atoms with Gasteiger partial charge in [0.05, 0.1) is 5.69 Å². The molecule has 0 saturated carbocycles. The number of rotatable bonds is 1. The molecule has 5 heteroatoms. The minimum absolute atomic E-state index is 0.546. The molecule has 4 heterocycles. The summed E-state index contributed by atoms with van der Waals surface area (Å²) < 4.78 is 0. The number of hydrogen-bond acceptors (Lipinski definition) is 5. The summed E-state index contributed by atoms with van der Waals surface area (Å²) in [7, 11) is 4.35. The Morgan fingerprint density at radius 1 is 1.11 bits per heavy atom. The quantitative estimate of drug-likeness (QED) is 0.721. The summed E-state index contributed by atoms with van der Waals surface area (Å²) in [5, 5.41) is 0. The fraction of sp³-hybridized carbons (Fsp3) is 0.714. The Labute approximate surface area is 114 Å². The Hall–Kier alpha value is -1.20. The highest BCUT2D eigenvalue weighted by molar-refractivity contribution is 5.40. The van der Waals surface area contributed by atoms with Crippen LogP contribution in [0.3, 0.4) is 0 Å². The molecule has 102 valence electrons. The number of anilines is 1. The van der Waals surface area contributed by atoms with Crippen molar-refractivity contribution in [3.8, 4) is 0 Å². The Morgan fingerprint density at radius 2 is 1.89 bits per heavy atom. The van der Waals surface area contributed by atoms with Gasteiger partial charge in [-0.1, -0.05) is 0 Å². The van der Waals surface area contributed by atoms with Gasteiger partial charge in [-0.3, -0.25) is 0 Å². The summed E-state index contributed by atoms with van der Waals surface area (Å²) >= 11 is 0. The number of hydrogen-bond donors (Lipinski definition) is 0. The molecular formula is C14H21N5. The molecule has 0 N–H and O–H groups in total. The van der Waals surface area contributed by atoms with Crippen molar-refractivity contribution in [3.05, 3.63) is 17.5 Å². The van der Waals surface area contributed by atoms with Gasteiger partial charge in [0.25, 0.3) is 0 Å². The van der Waals surface area contributed by atoms with Gasteiger partial charge in [0, 0.05) is 50.9 Å². The van der Waals surface area contributed by atoms with Gasteiger partial charge in [0.1, 0.15) is 0 Å². The molecule has 0 unspecified atom stereocenters. The zero-order valence-corrected chi connectivity index (χ0v) is 11.8. The van der Waals surface area contributed by atoms with E-state index in [0.717, 1.165) is 38.5 Å². The summed E-state index contributed by atoms with van der Waals surface area (Å²) in [6, 6.07) is 0. The average Bonchev–Trinajstić information content (AvgIpc) is 2.31. The smallest absolute Gasteiger partial charge is 0.225 e. The van der Waals surface area contributed by atoms with Gasteiger partial charge < -0.3 is 14.7 Å². The van der Waals surface area contributed by atoms with Crippen LogP contribution >= 0.6 is 0 Å². The van der Waals surface area contributed by atoms with E-state index in [0.29, 0.717) is 5.41 Å². The predicted molar refractivity (Wildman–Crippen MR) is 74.2 cm³/mol. The van der Waals surface area contributed by atoms with Crippen molar-refractivity contribution in [3.63, 3.8) is 0 Å². The molecule has 0 radical (unpaired) electrons. The lowest BCUT2D eigenvalue weighted by Gasteiger charge is -2.59. The molecule has 3 aliphatic heterocycles. The first-order valence-electron chi connectivity index (χ1n) is 7.10. The Kier molecular flexibility index (Phi) is 2.38. The third-order valence-corrected chi connectivity index (χ3v) is 4.67. The molecule has 2 fully saturated rings. The monoisotopic (exact) mass is 259 g/mol. The predicted octanol–water partition coefficient (Wildman–Crippen LogP) is 0.216. The fourth-order valence-corrected chi connectivity index (χ4v) is 3.78. The van der Waals surface area contributed by atoms with Gasteiger partial charge in [-0.2, -0.15) is 0 Å². The van der Waals surface area contributed by atoms with E-state index >= 15 is 0 Å². The second kappa shape index (κ2) is 3.90. The summed E-state index contributed by atoms with van der Waals surface area (Å²) in [6.45, 7) is 6.81. The molecule has 1 aromatic rings. The molecule has 0 aromatic carbocycles. The molecule has 1 aromatic heterocycles. The summed E-state index contributed by atoms with van der Waals surface area (Å²) in [4.78, 5) is 16.4. The maximum absolute atomic E-state index is 4.79. The van der Waals surface area contributed by atoms with E-state index in [-0.39, 0.29) is 0 Å². The van der Waals surface area contributed by atoms with Crippen molar-refractivity contribution in [1.82, 2.24) is 19.8 Å². The normalized spacial score (nSPS) is 25.9. The van der Waals surface area contributed by atoms with Crippen LogP contribution in [0.2, 0.25) is 0 Å². The van der Waals surface area contributed by atoms with Crippen molar-refractivity contribution in [2.24, 2.45) is 5.41 Å². The van der Waals surface area contributed by atoms with E-state index in [2.05, 4.69) is 33.8 Å². The SMILES string of the molecule is CN1CCc2cnc(N3CC4(CN(C)C4)C3)nc2C1. The van der Waals surface area contributed by atoms with Gasteiger partial charge in [-0.05, 0) is 26.1 Å². The Morgan fingerprint density at radius 3 is 2.63 bits per heavy atom. The maximum atomic E-state index is 4.79. The number of likely N-dealkylation sites (tertiary alicyclic amines) is 1. The van der Waals surface area contributed by atoms with Crippen molar-refractivity contribution in [1.29, 1.82) is 0 Å². The van der Waals surface area contributed by atoms with Crippen molar-refractivity contribution in [2.75, 3.05) is 51.7 Å². The third-order valence-electron chi connectivity index (χ3n) is 4.67. The first-order valence-corrected chi connectivity index (χ1v) is 7.10. The Bertz CT molecular complexity index is 501. The van der Waals surface area contributed by atoms with Crippen LogP contribution in [-0.4, -0.2) is 66.6 Å². The van der Waals surface area contributed by atoms with Crippen LogP contribution in [0.15, 0.2) is 6.20 Å². The van der Waals surface area contributed by atoms with Crippen LogP contribution in [0, 0.1) is 5.41 Å². The highest BCUT2D eigenvalue weighted by Gasteiger charge is 2.51. The minimum Gasteiger partial charge on any atom is -0.339 e. The van der Waals surface area contributed by atoms with Crippen LogP contribution in [-0.2, 0) is 13.0 Å². The standard InChI is InChI=1S/C14H21N5/c1-17-4-3-11-5-15-13(16-12(11)6-17)19-9-14(10-19)7-18(2)8-14/h5H,3-4,6-10H2,1-2H3. The van der Waals surface area contributed by atoms with Gasteiger partial charge >= 0.3 is 0 Å². The molecule has 0 aliphatic carbocycles. The van der Waals surface area contributed by atoms with E-state index < -0.39 is 0 Å². The van der Waals surface area contributed by atoms with Crippen LogP contribution in [0.25, 0.3) is 0 Å². The van der Waals surface area contributed by atoms with Crippen LogP contribution in [0.1, 0.15) is 11.3 Å². The van der Waals surface area contributed by atoms with Gasteiger partial charge in [0.2, 0.25) is 5.95 Å². The molecule has 0 bridgehead atoms. The molecule has 4 rings (SSSR count). The first kappa shape index (κ1) is 11.6. The van der Waals surface area contributed by atoms with E-state index in [9.17, 15) is 0 Å². The lowest BCUT2D eigenvalue weighted by atomic mass is 9.73.